The number of ketones is 1. The minimum atomic E-state index is -0.838. The molecule has 8 nitrogen and oxygen atoms in total. The third-order valence-corrected chi connectivity index (χ3v) is 6.53. The number of pyridine rings is 1. The smallest absolute Gasteiger partial charge is 0.219 e. The van der Waals surface area contributed by atoms with Crippen molar-refractivity contribution < 1.29 is 18.3 Å². The molecule has 0 radical (unpaired) electrons. The number of carbonyl (C=O) groups excluding carboxylic acids is 1. The molecule has 3 N–H and O–H groups in total. The summed E-state index contributed by atoms with van der Waals surface area (Å²) in [5.41, 5.74) is 10.9. The van der Waals surface area contributed by atoms with E-state index in [1.165, 1.54) is 40.3 Å². The number of aromatic amines is 1. The van der Waals surface area contributed by atoms with Crippen LogP contribution in [0.15, 0.2) is 60.9 Å². The van der Waals surface area contributed by atoms with Crippen LogP contribution < -0.4 is 10.5 Å². The number of aromatic nitrogens is 4. The van der Waals surface area contributed by atoms with Gasteiger partial charge in [-0.25, -0.2) is 18.4 Å². The maximum absolute atomic E-state index is 13.9. The summed E-state index contributed by atoms with van der Waals surface area (Å²) in [6.45, 7) is 1.88. The molecule has 3 aromatic heterocycles. The number of H-pyrrole nitrogens is 1. The van der Waals surface area contributed by atoms with Crippen molar-refractivity contribution in [1.29, 1.82) is 0 Å². The lowest BCUT2D eigenvalue weighted by molar-refractivity contribution is 0.103. The minimum Gasteiger partial charge on any atom is -0.433 e. The number of nitrogen functional groups attached to an aromatic ring is 1. The number of nitrogens with two attached hydrogens (primary N) is 1. The van der Waals surface area contributed by atoms with Crippen LogP contribution >= 0.6 is 0 Å². The first kappa shape index (κ1) is 22.9. The van der Waals surface area contributed by atoms with E-state index in [0.717, 1.165) is 42.5 Å². The molecule has 0 spiro atoms. The first-order valence-corrected chi connectivity index (χ1v) is 11.7. The fourth-order valence-electron chi connectivity index (χ4n) is 4.58. The number of nitrogens with zero attached hydrogens (tertiary/aromatic N) is 4. The molecule has 0 aliphatic carbocycles. The van der Waals surface area contributed by atoms with Crippen molar-refractivity contribution in [3.63, 3.8) is 0 Å². The maximum Gasteiger partial charge on any atom is 0.219 e. The Labute approximate surface area is 210 Å². The molecule has 0 fully saturated rings. The quantitative estimate of drug-likeness (QED) is 0.342. The van der Waals surface area contributed by atoms with E-state index in [-0.39, 0.29) is 23.0 Å². The summed E-state index contributed by atoms with van der Waals surface area (Å²) in [4.78, 5) is 22.9. The molecule has 1 aliphatic rings. The van der Waals surface area contributed by atoms with Crippen LogP contribution in [0.4, 0.5) is 14.6 Å². The number of ether oxygens (including phenoxy) is 1. The van der Waals surface area contributed by atoms with Crippen LogP contribution in [0.3, 0.4) is 0 Å². The van der Waals surface area contributed by atoms with Crippen molar-refractivity contribution in [3.05, 3.63) is 94.9 Å². The Morgan fingerprint density at radius 2 is 1.89 bits per heavy atom. The monoisotopic (exact) mass is 500 g/mol. The lowest BCUT2D eigenvalue weighted by atomic mass is 9.98. The van der Waals surface area contributed by atoms with E-state index in [2.05, 4.69) is 39.1 Å². The Kier molecular flexibility index (Phi) is 5.45. The Bertz CT molecular complexity index is 1640. The van der Waals surface area contributed by atoms with E-state index in [0.29, 0.717) is 11.4 Å². The van der Waals surface area contributed by atoms with Gasteiger partial charge in [-0.05, 0) is 61.0 Å². The fourth-order valence-corrected chi connectivity index (χ4v) is 4.58. The number of carbonyl (C=O) groups is 1. The first-order valence-electron chi connectivity index (χ1n) is 11.7. The van der Waals surface area contributed by atoms with Gasteiger partial charge < -0.3 is 20.4 Å². The predicted molar refractivity (Wildman–Crippen MR) is 134 cm³/mol. The van der Waals surface area contributed by atoms with Crippen LogP contribution in [0.1, 0.15) is 27.2 Å². The number of likely N-dealkylation sites (N-methyl/N-ethyl adjacent to an activating group) is 1. The van der Waals surface area contributed by atoms with Crippen LogP contribution in [-0.4, -0.2) is 44.0 Å². The van der Waals surface area contributed by atoms with Crippen LogP contribution in [0.25, 0.3) is 16.6 Å². The van der Waals surface area contributed by atoms with Crippen molar-refractivity contribution in [2.45, 2.75) is 13.0 Å². The second-order valence-electron chi connectivity index (χ2n) is 9.07. The zero-order chi connectivity index (χ0) is 25.7. The maximum atomic E-state index is 13.9. The molecule has 6 rings (SSSR count). The number of fused-ring (bicyclic) bond motifs is 2. The Morgan fingerprint density at radius 1 is 1.08 bits per heavy atom. The molecule has 0 amide bonds. The Morgan fingerprint density at radius 3 is 2.65 bits per heavy atom. The Hall–Kier alpha value is -4.57. The first-order chi connectivity index (χ1) is 17.9. The molecule has 0 bridgehead atoms. The molecule has 0 unspecified atom stereocenters. The van der Waals surface area contributed by atoms with Crippen molar-refractivity contribution in [2.24, 2.45) is 0 Å². The zero-order valence-electron chi connectivity index (χ0n) is 19.8. The van der Waals surface area contributed by atoms with Gasteiger partial charge in [-0.1, -0.05) is 6.07 Å². The highest BCUT2D eigenvalue weighted by molar-refractivity contribution is 6.12. The molecule has 186 valence electrons. The molecule has 0 atom stereocenters. The zero-order valence-corrected chi connectivity index (χ0v) is 19.8. The van der Waals surface area contributed by atoms with E-state index >= 15 is 0 Å². The number of para-hydroxylation sites is 1. The molecule has 37 heavy (non-hydrogen) atoms. The molecule has 1 aliphatic heterocycles. The predicted octanol–water partition coefficient (Wildman–Crippen LogP) is 4.62. The molecular formula is C27H22F2N6O2. The topological polar surface area (TPSA) is 102 Å². The summed E-state index contributed by atoms with van der Waals surface area (Å²) in [6.07, 6.45) is 3.77. The molecule has 5 aromatic rings. The lowest BCUT2D eigenvalue weighted by Crippen LogP contribution is -2.26. The SMILES string of the molecule is CN1CCc2cc3cc(C(=O)c4cnn(-c5ccc(Oc6c(F)cccc6F)nc5)c4N)[nH]c3cc2C1. The van der Waals surface area contributed by atoms with Crippen molar-refractivity contribution in [2.75, 3.05) is 19.3 Å². The number of nitrogens with one attached hydrogen (secondary N) is 1. The third-order valence-electron chi connectivity index (χ3n) is 6.53. The van der Waals surface area contributed by atoms with Crippen molar-refractivity contribution in [3.8, 4) is 17.3 Å². The van der Waals surface area contributed by atoms with Gasteiger partial charge in [0, 0.05) is 30.1 Å². The van der Waals surface area contributed by atoms with Gasteiger partial charge in [0.25, 0.3) is 0 Å². The van der Waals surface area contributed by atoms with E-state index in [9.17, 15) is 13.6 Å². The standard InChI is InChI=1S/C27H22F2N6O2/c1-34-8-7-15-9-16-10-23(33-22(16)11-17(15)14-34)25(36)19-13-32-35(27(19)30)18-5-6-24(31-12-18)37-26-20(28)3-2-4-21(26)29/h2-6,9-13,33H,7-8,14,30H2,1H3. The summed E-state index contributed by atoms with van der Waals surface area (Å²) in [6, 6.07) is 12.5. The number of benzene rings is 2. The number of anilines is 1. The third kappa shape index (κ3) is 4.11. The highest BCUT2D eigenvalue weighted by Gasteiger charge is 2.21. The summed E-state index contributed by atoms with van der Waals surface area (Å²) in [5.74, 6) is -2.37. The Balaban J connectivity index is 1.25. The normalized spacial score (nSPS) is 13.6. The largest absolute Gasteiger partial charge is 0.433 e. The molecule has 0 saturated heterocycles. The van der Waals surface area contributed by atoms with E-state index in [1.54, 1.807) is 6.07 Å². The number of rotatable bonds is 5. The average molecular weight is 501 g/mol. The van der Waals surface area contributed by atoms with Gasteiger partial charge in [-0.15, -0.1) is 0 Å². The van der Waals surface area contributed by atoms with Crippen LogP contribution in [0, 0.1) is 11.6 Å². The van der Waals surface area contributed by atoms with Gasteiger partial charge in [0.2, 0.25) is 17.4 Å². The number of hydrogen-bond acceptors (Lipinski definition) is 6. The van der Waals surface area contributed by atoms with Crippen LogP contribution in [0.2, 0.25) is 0 Å². The number of hydrogen-bond donors (Lipinski definition) is 2. The molecule has 4 heterocycles. The lowest BCUT2D eigenvalue weighted by Gasteiger charge is -2.24. The van der Waals surface area contributed by atoms with Crippen molar-refractivity contribution >= 4 is 22.5 Å². The molecule has 0 saturated carbocycles. The molecule has 2 aromatic carbocycles. The average Bonchev–Trinajstić information content (AvgIpc) is 3.48. The second kappa shape index (κ2) is 8.82. The van der Waals surface area contributed by atoms with Gasteiger partial charge in [-0.2, -0.15) is 5.10 Å². The minimum absolute atomic E-state index is 0.0123. The highest BCUT2D eigenvalue weighted by atomic mass is 19.1. The van der Waals surface area contributed by atoms with Gasteiger partial charge in [0.15, 0.2) is 11.6 Å². The van der Waals surface area contributed by atoms with E-state index in [1.807, 2.05) is 6.07 Å². The second-order valence-corrected chi connectivity index (χ2v) is 9.07. The molecular weight excluding hydrogens is 478 g/mol. The summed E-state index contributed by atoms with van der Waals surface area (Å²) in [5, 5.41) is 5.23. The van der Waals surface area contributed by atoms with Gasteiger partial charge >= 0.3 is 0 Å². The number of halogens is 2. The highest BCUT2D eigenvalue weighted by Crippen LogP contribution is 2.29. The summed E-state index contributed by atoms with van der Waals surface area (Å²) >= 11 is 0. The fraction of sp³-hybridized carbons (Fsp3) is 0.148. The van der Waals surface area contributed by atoms with Crippen LogP contribution in [0.5, 0.6) is 11.6 Å². The van der Waals surface area contributed by atoms with E-state index < -0.39 is 17.4 Å². The van der Waals surface area contributed by atoms with E-state index in [4.69, 9.17) is 10.5 Å². The van der Waals surface area contributed by atoms with Gasteiger partial charge in [0.1, 0.15) is 5.82 Å². The van der Waals surface area contributed by atoms with Gasteiger partial charge in [-0.3, -0.25) is 4.79 Å². The van der Waals surface area contributed by atoms with Crippen LogP contribution in [-0.2, 0) is 13.0 Å². The van der Waals surface area contributed by atoms with Gasteiger partial charge in [0.05, 0.1) is 29.3 Å². The molecule has 10 heteroatoms. The summed E-state index contributed by atoms with van der Waals surface area (Å²) in [7, 11) is 2.09. The van der Waals surface area contributed by atoms with Crippen molar-refractivity contribution in [1.82, 2.24) is 24.6 Å². The summed E-state index contributed by atoms with van der Waals surface area (Å²) < 4.78 is 34.3.